The third-order valence-corrected chi connectivity index (χ3v) is 5.77. The molecule has 0 aliphatic carbocycles. The Labute approximate surface area is 231 Å². The summed E-state index contributed by atoms with van der Waals surface area (Å²) in [6.45, 7) is 2.00. The molecule has 0 atom stereocenters. The van der Waals surface area contributed by atoms with Gasteiger partial charge >= 0.3 is 12.3 Å². The fraction of sp³-hybridized carbons (Fsp3) is 0.179. The standard InChI is InChI=1S/C28H23ClF3N3O5/c1-17-12-20(14-21(29)13-17)24-15-25(35(34-24)22-6-8-23(9-7-22)40-28(30,31)32)39-16-18-2-4-19(5-3-18)27(38)33-11-10-26(36)37/h2-9,12-15H,10-11,16H2,1H3,(H,33,38)(H,36,37). The van der Waals surface area contributed by atoms with Gasteiger partial charge in [-0.25, -0.2) is 4.68 Å². The first-order chi connectivity index (χ1) is 19.0. The minimum atomic E-state index is -4.81. The van der Waals surface area contributed by atoms with Gasteiger partial charge in [0, 0.05) is 28.8 Å². The number of carbonyl (C=O) groups is 2. The summed E-state index contributed by atoms with van der Waals surface area (Å²) in [7, 11) is 0. The Bertz CT molecular complexity index is 1480. The van der Waals surface area contributed by atoms with Crippen LogP contribution in [0.1, 0.15) is 27.9 Å². The molecule has 2 N–H and O–H groups in total. The Morgan fingerprint density at radius 3 is 2.35 bits per heavy atom. The molecule has 1 amide bonds. The molecule has 0 unspecified atom stereocenters. The number of aryl methyl sites for hydroxylation is 1. The molecule has 12 heteroatoms. The van der Waals surface area contributed by atoms with Crippen LogP contribution in [-0.4, -0.2) is 39.7 Å². The lowest BCUT2D eigenvalue weighted by Crippen LogP contribution is -2.25. The molecule has 40 heavy (non-hydrogen) atoms. The quantitative estimate of drug-likeness (QED) is 0.235. The zero-order valence-corrected chi connectivity index (χ0v) is 21.8. The van der Waals surface area contributed by atoms with Crippen molar-refractivity contribution in [2.45, 2.75) is 26.3 Å². The van der Waals surface area contributed by atoms with Crippen molar-refractivity contribution in [1.29, 1.82) is 0 Å². The number of halogens is 4. The van der Waals surface area contributed by atoms with Crippen LogP contribution in [0, 0.1) is 6.92 Å². The van der Waals surface area contributed by atoms with Crippen LogP contribution in [0.25, 0.3) is 16.9 Å². The minimum absolute atomic E-state index is 0.0147. The van der Waals surface area contributed by atoms with Gasteiger partial charge in [-0.05, 0) is 72.6 Å². The van der Waals surface area contributed by atoms with E-state index in [1.165, 1.54) is 28.9 Å². The Morgan fingerprint density at radius 1 is 1.02 bits per heavy atom. The van der Waals surface area contributed by atoms with Gasteiger partial charge in [-0.2, -0.15) is 5.10 Å². The predicted molar refractivity (Wildman–Crippen MR) is 141 cm³/mol. The molecule has 8 nitrogen and oxygen atoms in total. The Balaban J connectivity index is 1.56. The molecule has 4 rings (SSSR count). The van der Waals surface area contributed by atoms with Gasteiger partial charge in [0.25, 0.3) is 5.91 Å². The highest BCUT2D eigenvalue weighted by Crippen LogP contribution is 2.31. The van der Waals surface area contributed by atoms with Crippen molar-refractivity contribution in [1.82, 2.24) is 15.1 Å². The number of nitrogens with zero attached hydrogens (tertiary/aromatic N) is 2. The number of carbonyl (C=O) groups excluding carboxylic acids is 1. The lowest BCUT2D eigenvalue weighted by molar-refractivity contribution is -0.274. The molecule has 208 valence electrons. The number of carboxylic acids is 1. The van der Waals surface area contributed by atoms with Crippen molar-refractivity contribution >= 4 is 23.5 Å². The maximum atomic E-state index is 12.6. The maximum absolute atomic E-state index is 12.6. The van der Waals surface area contributed by atoms with E-state index in [1.807, 2.05) is 13.0 Å². The number of aliphatic carboxylic acids is 1. The molecule has 4 aromatic rings. The summed E-state index contributed by atoms with van der Waals surface area (Å²) in [4.78, 5) is 22.8. The van der Waals surface area contributed by atoms with Crippen LogP contribution >= 0.6 is 11.6 Å². The largest absolute Gasteiger partial charge is 0.573 e. The van der Waals surface area contributed by atoms with E-state index in [-0.39, 0.29) is 25.3 Å². The molecular formula is C28H23ClF3N3O5. The molecule has 0 radical (unpaired) electrons. The van der Waals surface area contributed by atoms with E-state index in [0.717, 1.165) is 16.7 Å². The summed E-state index contributed by atoms with van der Waals surface area (Å²) < 4.78 is 49.2. The number of aromatic nitrogens is 2. The van der Waals surface area contributed by atoms with Crippen LogP contribution in [-0.2, 0) is 11.4 Å². The number of carboxylic acid groups (broad SMARTS) is 1. The number of alkyl halides is 3. The summed E-state index contributed by atoms with van der Waals surface area (Å²) in [5.74, 6) is -1.46. The molecule has 0 aliphatic rings. The molecule has 1 aromatic heterocycles. The molecule has 0 aliphatic heterocycles. The predicted octanol–water partition coefficient (Wildman–Crippen LogP) is 6.18. The van der Waals surface area contributed by atoms with Gasteiger partial charge in [-0.3, -0.25) is 9.59 Å². The first kappa shape index (κ1) is 28.5. The van der Waals surface area contributed by atoms with Gasteiger partial charge in [0.05, 0.1) is 17.8 Å². The van der Waals surface area contributed by atoms with E-state index in [4.69, 9.17) is 21.4 Å². The Morgan fingerprint density at radius 2 is 1.73 bits per heavy atom. The fourth-order valence-electron chi connectivity index (χ4n) is 3.76. The van der Waals surface area contributed by atoms with Crippen LogP contribution in [0.5, 0.6) is 11.6 Å². The van der Waals surface area contributed by atoms with Gasteiger partial charge in [-0.15, -0.1) is 13.2 Å². The van der Waals surface area contributed by atoms with Crippen LogP contribution in [0.4, 0.5) is 13.2 Å². The zero-order chi connectivity index (χ0) is 28.9. The normalized spacial score (nSPS) is 11.2. The van der Waals surface area contributed by atoms with Crippen molar-refractivity contribution in [3.05, 3.63) is 94.5 Å². The molecular weight excluding hydrogens is 551 g/mol. The average Bonchev–Trinajstić information content (AvgIpc) is 3.31. The van der Waals surface area contributed by atoms with Crippen LogP contribution in [0.3, 0.4) is 0 Å². The van der Waals surface area contributed by atoms with E-state index in [1.54, 1.807) is 42.5 Å². The number of benzene rings is 3. The first-order valence-electron chi connectivity index (χ1n) is 11.9. The van der Waals surface area contributed by atoms with Crippen LogP contribution < -0.4 is 14.8 Å². The first-order valence-corrected chi connectivity index (χ1v) is 12.3. The monoisotopic (exact) mass is 573 g/mol. The number of nitrogens with one attached hydrogen (secondary N) is 1. The van der Waals surface area contributed by atoms with E-state index < -0.39 is 18.2 Å². The highest BCUT2D eigenvalue weighted by molar-refractivity contribution is 6.30. The van der Waals surface area contributed by atoms with Crippen LogP contribution in [0.2, 0.25) is 5.02 Å². The molecule has 0 bridgehead atoms. The number of rotatable bonds is 10. The van der Waals surface area contributed by atoms with Gasteiger partial charge in [0.1, 0.15) is 12.4 Å². The summed E-state index contributed by atoms with van der Waals surface area (Å²) in [6, 6.07) is 18.9. The van der Waals surface area contributed by atoms with Crippen molar-refractivity contribution < 1.29 is 37.3 Å². The molecule has 0 saturated carbocycles. The van der Waals surface area contributed by atoms with Crippen molar-refractivity contribution in [3.63, 3.8) is 0 Å². The second-order valence-corrected chi connectivity index (χ2v) is 9.16. The lowest BCUT2D eigenvalue weighted by atomic mass is 10.1. The molecule has 0 fully saturated rings. The third-order valence-electron chi connectivity index (χ3n) is 5.56. The number of amides is 1. The fourth-order valence-corrected chi connectivity index (χ4v) is 4.05. The summed E-state index contributed by atoms with van der Waals surface area (Å²) >= 11 is 6.23. The zero-order valence-electron chi connectivity index (χ0n) is 21.0. The molecule has 0 saturated heterocycles. The smallest absolute Gasteiger partial charge is 0.481 e. The Kier molecular flexibility index (Phi) is 8.64. The van der Waals surface area contributed by atoms with Crippen molar-refractivity contribution in [2.75, 3.05) is 6.54 Å². The number of hydrogen-bond donors (Lipinski definition) is 2. The number of ether oxygens (including phenoxy) is 2. The van der Waals surface area contributed by atoms with Gasteiger partial charge in [-0.1, -0.05) is 23.7 Å². The summed E-state index contributed by atoms with van der Waals surface area (Å²) in [5, 5.41) is 16.4. The third kappa shape index (κ3) is 7.76. The van der Waals surface area contributed by atoms with Crippen LogP contribution in [0.15, 0.2) is 72.8 Å². The van der Waals surface area contributed by atoms with E-state index in [2.05, 4.69) is 15.2 Å². The Hall–Kier alpha value is -4.51. The number of hydrogen-bond acceptors (Lipinski definition) is 5. The van der Waals surface area contributed by atoms with E-state index >= 15 is 0 Å². The molecule has 0 spiro atoms. The lowest BCUT2D eigenvalue weighted by Gasteiger charge is -2.12. The van der Waals surface area contributed by atoms with Gasteiger partial charge in [0.2, 0.25) is 5.88 Å². The van der Waals surface area contributed by atoms with E-state index in [9.17, 15) is 22.8 Å². The second-order valence-electron chi connectivity index (χ2n) is 8.72. The van der Waals surface area contributed by atoms with Crippen molar-refractivity contribution in [2.24, 2.45) is 0 Å². The maximum Gasteiger partial charge on any atom is 0.573 e. The summed E-state index contributed by atoms with van der Waals surface area (Å²) in [6.07, 6.45) is -4.99. The van der Waals surface area contributed by atoms with Gasteiger partial charge in [0.15, 0.2) is 0 Å². The average molecular weight is 574 g/mol. The van der Waals surface area contributed by atoms with E-state index in [0.29, 0.717) is 27.8 Å². The highest BCUT2D eigenvalue weighted by atomic mass is 35.5. The highest BCUT2D eigenvalue weighted by Gasteiger charge is 2.31. The van der Waals surface area contributed by atoms with Gasteiger partial charge < -0.3 is 19.9 Å². The van der Waals surface area contributed by atoms with Crippen molar-refractivity contribution in [3.8, 4) is 28.6 Å². The molecule has 1 heterocycles. The molecule has 3 aromatic carbocycles. The minimum Gasteiger partial charge on any atom is -0.481 e. The summed E-state index contributed by atoms with van der Waals surface area (Å²) in [5.41, 5.74) is 3.69. The topological polar surface area (TPSA) is 103 Å². The second kappa shape index (κ2) is 12.1. The SMILES string of the molecule is Cc1cc(Cl)cc(-c2cc(OCc3ccc(C(=O)NCCC(=O)O)cc3)n(-c3ccc(OC(F)(F)F)cc3)n2)c1.